The van der Waals surface area contributed by atoms with Gasteiger partial charge >= 0.3 is 17.9 Å². The molecule has 14 nitrogen and oxygen atoms in total. The zero-order valence-electron chi connectivity index (χ0n) is 34.8. The number of aliphatic hydroxyl groups is 4. The smallest absolute Gasteiger partial charge is 0.335 e. The summed E-state index contributed by atoms with van der Waals surface area (Å²) >= 11 is 0. The highest BCUT2D eigenvalue weighted by Gasteiger charge is 2.70. The average Bonchev–Trinajstić information content (AvgIpc) is 3.11. The lowest BCUT2D eigenvalue weighted by Gasteiger charge is -2.71. The summed E-state index contributed by atoms with van der Waals surface area (Å²) in [6.45, 7) is 17.0. The van der Waals surface area contributed by atoms with Crippen LogP contribution in [0.3, 0.4) is 0 Å². The van der Waals surface area contributed by atoms with Crippen molar-refractivity contribution in [2.24, 2.45) is 50.2 Å². The Balaban J connectivity index is 1.14. The van der Waals surface area contributed by atoms with Crippen LogP contribution in [0.25, 0.3) is 0 Å². The molecule has 4 saturated carbocycles. The molecule has 0 amide bonds. The predicted molar refractivity (Wildman–Crippen MR) is 202 cm³/mol. The Bertz CT molecular complexity index is 1630. The van der Waals surface area contributed by atoms with E-state index in [0.717, 1.165) is 58.3 Å². The van der Waals surface area contributed by atoms with Gasteiger partial charge in [-0.1, -0.05) is 60.1 Å². The van der Waals surface area contributed by atoms with Crippen LogP contribution in [0.2, 0.25) is 0 Å². The molecule has 57 heavy (non-hydrogen) atoms. The molecule has 0 aromatic carbocycles. The van der Waals surface area contributed by atoms with Crippen molar-refractivity contribution >= 4 is 17.9 Å². The monoisotopic (exact) mass is 806 g/mol. The number of carbonyl (C=O) groups excluding carboxylic acids is 1. The molecule has 2 heterocycles. The molecule has 7 aliphatic rings. The third-order valence-corrected chi connectivity index (χ3v) is 17.1. The molecule has 6 fully saturated rings. The Morgan fingerprint density at radius 1 is 0.772 bits per heavy atom. The molecule has 0 unspecified atom stereocenters. The number of hydrogen-bond acceptors (Lipinski definition) is 12. The molecule has 0 bridgehead atoms. The standard InChI is InChI=1S/C43H66O14/c1-21(44)54-24-20-53-35(31(48)28(24)45)57-33-30(47)29(46)32(34(49)50)56-36(33)55-27-12-13-40(6)25(39(27,4)5)11-14-42(8)26(40)10-9-22-23-19-38(2,3)15-17-43(23,37(51)52)18-16-41(22,42)7/h9,23-33,35-36,45-48H,10-20H2,1-8H3,(H,49,50)(H,51,52)/t23-,24+,25-,26+,27-,28-,29-,30-,31+,32-,33+,35-,36+,40-,41+,42+,43-/m0/s1. The van der Waals surface area contributed by atoms with Crippen molar-refractivity contribution < 1.29 is 68.7 Å². The summed E-state index contributed by atoms with van der Waals surface area (Å²) in [6, 6.07) is 0. The highest BCUT2D eigenvalue weighted by Crippen LogP contribution is 2.76. The number of carboxylic acid groups (broad SMARTS) is 2. The first-order chi connectivity index (χ1) is 26.4. The van der Waals surface area contributed by atoms with Crippen LogP contribution in [-0.2, 0) is 38.1 Å². The van der Waals surface area contributed by atoms with Gasteiger partial charge in [0.1, 0.15) is 30.5 Å². The summed E-state index contributed by atoms with van der Waals surface area (Å²) in [7, 11) is 0. The molecule has 2 saturated heterocycles. The van der Waals surface area contributed by atoms with Gasteiger partial charge in [0.2, 0.25) is 0 Å². The van der Waals surface area contributed by atoms with E-state index >= 15 is 0 Å². The van der Waals surface area contributed by atoms with E-state index < -0.39 is 90.1 Å². The Labute approximate surface area is 335 Å². The average molecular weight is 807 g/mol. The number of allylic oxidation sites excluding steroid dienone is 2. The second kappa shape index (κ2) is 14.5. The van der Waals surface area contributed by atoms with Crippen LogP contribution in [0.1, 0.15) is 120 Å². The van der Waals surface area contributed by atoms with E-state index in [1.54, 1.807) is 0 Å². The Morgan fingerprint density at radius 3 is 2.11 bits per heavy atom. The lowest BCUT2D eigenvalue weighted by atomic mass is 9.33. The van der Waals surface area contributed by atoms with Gasteiger partial charge in [0.25, 0.3) is 0 Å². The number of esters is 1. The van der Waals surface area contributed by atoms with Gasteiger partial charge in [0.05, 0.1) is 18.1 Å². The van der Waals surface area contributed by atoms with Crippen molar-refractivity contribution in [3.05, 3.63) is 11.6 Å². The second-order valence-electron chi connectivity index (χ2n) is 20.8. The first-order valence-electron chi connectivity index (χ1n) is 21.1. The van der Waals surface area contributed by atoms with E-state index in [2.05, 4.69) is 54.5 Å². The number of aliphatic carboxylic acids is 2. The summed E-state index contributed by atoms with van der Waals surface area (Å²) in [5.74, 6) is -2.29. The van der Waals surface area contributed by atoms with E-state index in [-0.39, 0.29) is 40.1 Å². The molecular weight excluding hydrogens is 740 g/mol. The zero-order chi connectivity index (χ0) is 41.8. The van der Waals surface area contributed by atoms with Crippen LogP contribution in [-0.4, -0.2) is 117 Å². The SMILES string of the molecule is CC(=O)O[C@@H]1CO[C@@H](O[C@H]2[C@H](O[C@H]3CC[C@]4(C)[C@H]5CC=C6[C@@H]7CC(C)(C)CC[C@]7(C(=O)O)CC[C@@]6(C)[C@]5(C)CC[C@H]4C3(C)C)O[C@H](C(=O)O)[C@@H](O)[C@@H]2O)[C@H](O)[C@H]1O. The van der Waals surface area contributed by atoms with Gasteiger partial charge in [0, 0.05) is 6.92 Å². The minimum Gasteiger partial charge on any atom is -0.481 e. The number of fused-ring (bicyclic) bond motifs is 7. The molecule has 6 N–H and O–H groups in total. The summed E-state index contributed by atoms with van der Waals surface area (Å²) in [5, 5.41) is 64.3. The molecule has 0 radical (unpaired) electrons. The first-order valence-corrected chi connectivity index (χ1v) is 21.1. The number of ether oxygens (including phenoxy) is 5. The minimum absolute atomic E-state index is 0.0224. The van der Waals surface area contributed by atoms with Gasteiger partial charge < -0.3 is 54.3 Å². The summed E-state index contributed by atoms with van der Waals surface area (Å²) < 4.78 is 29.2. The zero-order valence-corrected chi connectivity index (χ0v) is 34.8. The quantitative estimate of drug-likeness (QED) is 0.121. The fraction of sp³-hybridized carbons (Fsp3) is 0.884. The van der Waals surface area contributed by atoms with E-state index in [0.29, 0.717) is 18.8 Å². The van der Waals surface area contributed by atoms with Crippen molar-refractivity contribution in [1.29, 1.82) is 0 Å². The van der Waals surface area contributed by atoms with Gasteiger partial charge in [-0.25, -0.2) is 4.79 Å². The molecular formula is C43H66O14. The number of aliphatic hydroxyl groups excluding tert-OH is 4. The molecule has 5 aliphatic carbocycles. The number of hydrogen-bond donors (Lipinski definition) is 6. The first kappa shape index (κ1) is 42.9. The summed E-state index contributed by atoms with van der Waals surface area (Å²) in [5.41, 5.74) is -0.0296. The van der Waals surface area contributed by atoms with Gasteiger partial charge in [-0.3, -0.25) is 9.59 Å². The highest BCUT2D eigenvalue weighted by atomic mass is 16.8. The Hall–Kier alpha value is -2.17. The van der Waals surface area contributed by atoms with Crippen molar-refractivity contribution in [1.82, 2.24) is 0 Å². The molecule has 7 rings (SSSR count). The lowest BCUT2D eigenvalue weighted by molar-refractivity contribution is -0.366. The predicted octanol–water partition coefficient (Wildman–Crippen LogP) is 4.18. The van der Waals surface area contributed by atoms with Crippen LogP contribution in [0.4, 0.5) is 0 Å². The number of rotatable bonds is 7. The third-order valence-electron chi connectivity index (χ3n) is 17.1. The van der Waals surface area contributed by atoms with Gasteiger partial charge in [-0.2, -0.15) is 0 Å². The van der Waals surface area contributed by atoms with E-state index in [9.17, 15) is 45.0 Å². The Morgan fingerprint density at radius 2 is 1.46 bits per heavy atom. The normalized spacial score (nSPS) is 50.2. The van der Waals surface area contributed by atoms with Crippen molar-refractivity contribution in [2.45, 2.75) is 181 Å². The van der Waals surface area contributed by atoms with Crippen LogP contribution in [0.5, 0.6) is 0 Å². The summed E-state index contributed by atoms with van der Waals surface area (Å²) in [4.78, 5) is 36.8. The second-order valence-corrected chi connectivity index (χ2v) is 20.8. The molecule has 322 valence electrons. The molecule has 0 aromatic rings. The van der Waals surface area contributed by atoms with Crippen LogP contribution < -0.4 is 0 Å². The minimum atomic E-state index is -1.91. The van der Waals surface area contributed by atoms with Crippen molar-refractivity contribution in [3.63, 3.8) is 0 Å². The lowest BCUT2D eigenvalue weighted by Crippen LogP contribution is -2.67. The molecule has 0 spiro atoms. The van der Waals surface area contributed by atoms with Crippen molar-refractivity contribution in [2.75, 3.05) is 6.61 Å². The maximum Gasteiger partial charge on any atom is 0.335 e. The largest absolute Gasteiger partial charge is 0.481 e. The van der Waals surface area contributed by atoms with E-state index in [1.165, 1.54) is 5.57 Å². The van der Waals surface area contributed by atoms with Crippen molar-refractivity contribution in [3.8, 4) is 0 Å². The number of carbonyl (C=O) groups is 3. The maximum atomic E-state index is 13.1. The molecule has 14 heteroatoms. The molecule has 17 atom stereocenters. The summed E-state index contributed by atoms with van der Waals surface area (Å²) in [6.07, 6.45) is -4.45. The van der Waals surface area contributed by atoms with Crippen LogP contribution in [0, 0.1) is 50.2 Å². The Kier molecular flexibility index (Phi) is 10.9. The van der Waals surface area contributed by atoms with E-state index in [1.807, 2.05) is 0 Å². The third kappa shape index (κ3) is 6.62. The fourth-order valence-electron chi connectivity index (χ4n) is 13.7. The maximum absolute atomic E-state index is 13.1. The molecule has 2 aliphatic heterocycles. The van der Waals surface area contributed by atoms with E-state index in [4.69, 9.17) is 23.7 Å². The number of carboxylic acids is 2. The molecule has 0 aromatic heterocycles. The van der Waals surface area contributed by atoms with Gasteiger partial charge in [0.15, 0.2) is 24.8 Å². The fourth-order valence-corrected chi connectivity index (χ4v) is 13.7. The van der Waals surface area contributed by atoms with Crippen LogP contribution in [0.15, 0.2) is 11.6 Å². The topological polar surface area (TPSA) is 219 Å². The van der Waals surface area contributed by atoms with Gasteiger partial charge in [-0.05, 0) is 109 Å². The van der Waals surface area contributed by atoms with Gasteiger partial charge in [-0.15, -0.1) is 0 Å². The van der Waals surface area contributed by atoms with Crippen LogP contribution >= 0.6 is 0 Å². The highest BCUT2D eigenvalue weighted by molar-refractivity contribution is 5.76.